The number of nitrogens with zero attached hydrogens (tertiary/aromatic N) is 4. The standard InChI is InChI=1S/C59H34N4O2/c1-2-13-35(14-3-1)36-25-27-37(28-26-36)57-60-58(62-59(61-57)46-21-12-24-52-56(46)44-20-9-11-23-51(44)64-52)40-29-30-45-53(33-40)65-54-34-50(41-17-6-7-19-43(41)55(45)54)63-48-22-10-8-18-42(48)47-31-38-15-4-5-16-39(38)32-49(47)63/h1-34H. The second-order valence-electron chi connectivity index (χ2n) is 16.7. The van der Waals surface area contributed by atoms with Gasteiger partial charge in [-0.2, -0.15) is 0 Å². The van der Waals surface area contributed by atoms with Crippen LogP contribution in [0, 0.1) is 0 Å². The molecule has 0 aliphatic rings. The number of para-hydroxylation sites is 2. The van der Waals surface area contributed by atoms with Crippen molar-refractivity contribution in [3.05, 3.63) is 206 Å². The van der Waals surface area contributed by atoms with Crippen molar-refractivity contribution < 1.29 is 8.83 Å². The minimum Gasteiger partial charge on any atom is -0.456 e. The summed E-state index contributed by atoms with van der Waals surface area (Å²) in [5, 5.41) is 11.2. The first-order valence-electron chi connectivity index (χ1n) is 21.8. The number of aromatic nitrogens is 4. The van der Waals surface area contributed by atoms with Crippen LogP contribution in [0.5, 0.6) is 0 Å². The van der Waals surface area contributed by atoms with E-state index in [0.717, 1.165) is 99.2 Å². The largest absolute Gasteiger partial charge is 0.456 e. The molecule has 0 spiro atoms. The maximum absolute atomic E-state index is 6.94. The molecule has 0 aliphatic heterocycles. The van der Waals surface area contributed by atoms with Gasteiger partial charge >= 0.3 is 0 Å². The minimum atomic E-state index is 0.548. The van der Waals surface area contributed by atoms with Gasteiger partial charge in [-0.3, -0.25) is 0 Å². The minimum absolute atomic E-state index is 0.548. The number of rotatable bonds is 5. The molecule has 65 heavy (non-hydrogen) atoms. The summed E-state index contributed by atoms with van der Waals surface area (Å²) in [6.07, 6.45) is 0. The van der Waals surface area contributed by atoms with Crippen LogP contribution < -0.4 is 0 Å². The molecular weight excluding hydrogens is 797 g/mol. The summed E-state index contributed by atoms with van der Waals surface area (Å²) in [6, 6.07) is 72.1. The Labute approximate surface area is 371 Å². The van der Waals surface area contributed by atoms with Gasteiger partial charge in [0.05, 0.1) is 16.7 Å². The molecule has 0 saturated carbocycles. The van der Waals surface area contributed by atoms with Crippen molar-refractivity contribution in [3.63, 3.8) is 0 Å². The SMILES string of the molecule is c1ccc(-c2ccc(-c3nc(-c4ccc5c(c4)oc4cc(-n6c7ccccc7c7cc8ccccc8cc76)c6ccccc6c45)nc(-c4cccc5oc6ccccc6c45)n3)cc2)cc1. The van der Waals surface area contributed by atoms with E-state index in [1.165, 1.54) is 21.5 Å². The molecule has 0 N–H and O–H groups in total. The average Bonchev–Trinajstić information content (AvgIpc) is 4.04. The molecule has 6 heteroatoms. The van der Waals surface area contributed by atoms with Gasteiger partial charge in [-0.15, -0.1) is 0 Å². The fourth-order valence-corrected chi connectivity index (χ4v) is 10.0. The van der Waals surface area contributed by atoms with Gasteiger partial charge in [-0.1, -0.05) is 158 Å². The van der Waals surface area contributed by atoms with Gasteiger partial charge in [0.15, 0.2) is 17.5 Å². The van der Waals surface area contributed by atoms with E-state index in [0.29, 0.717) is 17.5 Å². The first-order chi connectivity index (χ1) is 32.2. The molecule has 0 radical (unpaired) electrons. The van der Waals surface area contributed by atoms with Crippen LogP contribution in [0.25, 0.3) is 138 Å². The zero-order chi connectivity index (χ0) is 42.6. The van der Waals surface area contributed by atoms with Crippen LogP contribution in [0.3, 0.4) is 0 Å². The second kappa shape index (κ2) is 13.8. The first-order valence-corrected chi connectivity index (χ1v) is 21.8. The number of hydrogen-bond donors (Lipinski definition) is 0. The van der Waals surface area contributed by atoms with Gasteiger partial charge in [-0.25, -0.2) is 15.0 Å². The monoisotopic (exact) mass is 830 g/mol. The lowest BCUT2D eigenvalue weighted by Gasteiger charge is -2.13. The van der Waals surface area contributed by atoms with E-state index in [4.69, 9.17) is 23.8 Å². The Morgan fingerprint density at radius 1 is 0.308 bits per heavy atom. The van der Waals surface area contributed by atoms with Crippen molar-refractivity contribution in [1.82, 2.24) is 19.5 Å². The second-order valence-corrected chi connectivity index (χ2v) is 16.7. The molecular formula is C59H34N4O2. The Morgan fingerprint density at radius 2 is 0.908 bits per heavy atom. The summed E-state index contributed by atoms with van der Waals surface area (Å²) >= 11 is 0. The van der Waals surface area contributed by atoms with Crippen molar-refractivity contribution in [1.29, 1.82) is 0 Å². The van der Waals surface area contributed by atoms with Gasteiger partial charge in [0, 0.05) is 60.5 Å². The highest BCUT2D eigenvalue weighted by Crippen LogP contribution is 2.43. The Hall–Kier alpha value is -8.87. The molecule has 10 aromatic carbocycles. The fraction of sp³-hybridized carbons (Fsp3) is 0. The smallest absolute Gasteiger partial charge is 0.164 e. The molecule has 14 aromatic rings. The van der Waals surface area contributed by atoms with E-state index >= 15 is 0 Å². The van der Waals surface area contributed by atoms with E-state index < -0.39 is 0 Å². The number of hydrogen-bond acceptors (Lipinski definition) is 5. The molecule has 0 unspecified atom stereocenters. The molecule has 14 rings (SSSR count). The Morgan fingerprint density at radius 3 is 1.75 bits per heavy atom. The third-order valence-electron chi connectivity index (χ3n) is 13.0. The highest BCUT2D eigenvalue weighted by molar-refractivity contribution is 6.22. The van der Waals surface area contributed by atoms with E-state index in [9.17, 15) is 0 Å². The molecule has 0 aliphatic carbocycles. The summed E-state index contributed by atoms with van der Waals surface area (Å²) in [4.78, 5) is 15.6. The maximum Gasteiger partial charge on any atom is 0.164 e. The van der Waals surface area contributed by atoms with E-state index in [-0.39, 0.29) is 0 Å². The third-order valence-corrected chi connectivity index (χ3v) is 13.0. The van der Waals surface area contributed by atoms with Crippen LogP contribution in [0.4, 0.5) is 0 Å². The van der Waals surface area contributed by atoms with Crippen LogP contribution >= 0.6 is 0 Å². The van der Waals surface area contributed by atoms with Crippen LogP contribution in [0.1, 0.15) is 0 Å². The van der Waals surface area contributed by atoms with Gasteiger partial charge in [0.2, 0.25) is 0 Å². The zero-order valence-corrected chi connectivity index (χ0v) is 34.7. The normalized spacial score (nSPS) is 12.0. The highest BCUT2D eigenvalue weighted by Gasteiger charge is 2.22. The Balaban J connectivity index is 0.971. The molecule has 0 atom stereocenters. The van der Waals surface area contributed by atoms with E-state index in [1.807, 2.05) is 36.4 Å². The van der Waals surface area contributed by atoms with Gasteiger partial charge in [-0.05, 0) is 69.8 Å². The lowest BCUT2D eigenvalue weighted by atomic mass is 10.0. The summed E-state index contributed by atoms with van der Waals surface area (Å²) in [5.74, 6) is 1.69. The van der Waals surface area contributed by atoms with Crippen molar-refractivity contribution >= 4 is 87.2 Å². The predicted octanol–water partition coefficient (Wildman–Crippen LogP) is 15.7. The highest BCUT2D eigenvalue weighted by atomic mass is 16.3. The van der Waals surface area contributed by atoms with Crippen molar-refractivity contribution in [2.45, 2.75) is 0 Å². The molecule has 0 bridgehead atoms. The molecule has 302 valence electrons. The summed E-state index contributed by atoms with van der Waals surface area (Å²) in [6.45, 7) is 0. The van der Waals surface area contributed by atoms with Crippen LogP contribution in [0.15, 0.2) is 215 Å². The molecule has 4 heterocycles. The fourth-order valence-electron chi connectivity index (χ4n) is 10.0. The first kappa shape index (κ1) is 35.7. The lowest BCUT2D eigenvalue weighted by Crippen LogP contribution is -2.00. The average molecular weight is 831 g/mol. The zero-order valence-electron chi connectivity index (χ0n) is 34.7. The maximum atomic E-state index is 6.94. The predicted molar refractivity (Wildman–Crippen MR) is 265 cm³/mol. The Bertz CT molecular complexity index is 4240. The van der Waals surface area contributed by atoms with Crippen LogP contribution in [-0.2, 0) is 0 Å². The number of furan rings is 2. The molecule has 6 nitrogen and oxygen atoms in total. The van der Waals surface area contributed by atoms with E-state index in [2.05, 4.69) is 174 Å². The number of benzene rings is 10. The summed E-state index contributed by atoms with van der Waals surface area (Å²) in [7, 11) is 0. The topological polar surface area (TPSA) is 69.9 Å². The van der Waals surface area contributed by atoms with Gasteiger partial charge in [0.1, 0.15) is 22.3 Å². The summed E-state index contributed by atoms with van der Waals surface area (Å²) in [5.41, 5.74) is 11.4. The molecule has 0 amide bonds. The summed E-state index contributed by atoms with van der Waals surface area (Å²) < 4.78 is 15.7. The quantitative estimate of drug-likeness (QED) is 0.173. The number of fused-ring (bicyclic) bond motifs is 12. The molecule has 0 fully saturated rings. The van der Waals surface area contributed by atoms with Crippen molar-refractivity contribution in [3.8, 4) is 51.0 Å². The molecule has 0 saturated heterocycles. The van der Waals surface area contributed by atoms with Gasteiger partial charge < -0.3 is 13.4 Å². The third kappa shape index (κ3) is 5.51. The van der Waals surface area contributed by atoms with Crippen LogP contribution in [-0.4, -0.2) is 19.5 Å². The van der Waals surface area contributed by atoms with Crippen LogP contribution in [0.2, 0.25) is 0 Å². The molecule has 4 aromatic heterocycles. The van der Waals surface area contributed by atoms with Gasteiger partial charge in [0.25, 0.3) is 0 Å². The Kier molecular flexibility index (Phi) is 7.59. The van der Waals surface area contributed by atoms with Crippen molar-refractivity contribution in [2.24, 2.45) is 0 Å². The van der Waals surface area contributed by atoms with E-state index in [1.54, 1.807) is 0 Å². The lowest BCUT2D eigenvalue weighted by molar-refractivity contribution is 0.668. The van der Waals surface area contributed by atoms with Crippen molar-refractivity contribution in [2.75, 3.05) is 0 Å².